The zero-order chi connectivity index (χ0) is 13.3. The largest absolute Gasteiger partial charge is 0.469 e. The van der Waals surface area contributed by atoms with E-state index < -0.39 is 27.1 Å². The van der Waals surface area contributed by atoms with Crippen LogP contribution in [0.1, 0.15) is 15.5 Å². The molecule has 0 bridgehead atoms. The summed E-state index contributed by atoms with van der Waals surface area (Å²) in [6.45, 7) is -2.99. The lowest BCUT2D eigenvalue weighted by Gasteiger charge is -2.06. The Morgan fingerprint density at radius 3 is 3.00 bits per heavy atom. The van der Waals surface area contributed by atoms with Gasteiger partial charge in [0, 0.05) is 15.9 Å². The molecule has 14 heavy (non-hydrogen) atoms. The Hall–Kier alpha value is -1.01. The summed E-state index contributed by atoms with van der Waals surface area (Å²) in [5, 5.41) is 0. The van der Waals surface area contributed by atoms with Crippen molar-refractivity contribution in [3.8, 4) is 0 Å². The quantitative estimate of drug-likeness (QED) is 0.614. The Kier molecular flexibility index (Phi) is 2.10. The van der Waals surface area contributed by atoms with E-state index in [1.165, 1.54) is 0 Å². The van der Waals surface area contributed by atoms with Gasteiger partial charge in [-0.25, -0.2) is 14.5 Å². The number of aromatic nitrogens is 2. The van der Waals surface area contributed by atoms with Gasteiger partial charge in [0.2, 0.25) is 0 Å². The average Bonchev–Trinajstić information content (AvgIpc) is 2.12. The van der Waals surface area contributed by atoms with Crippen molar-refractivity contribution >= 4 is 13.6 Å². The van der Waals surface area contributed by atoms with Gasteiger partial charge >= 0.3 is 7.82 Å². The minimum absolute atomic E-state index is 0.0984. The molecule has 0 saturated heterocycles. The topological polar surface area (TPSA) is 119 Å². The lowest BCUT2D eigenvalue weighted by molar-refractivity contribution is 0.189. The first-order valence-corrected chi connectivity index (χ1v) is 4.94. The van der Waals surface area contributed by atoms with Crippen LogP contribution in [0.25, 0.3) is 0 Å². The van der Waals surface area contributed by atoms with Crippen LogP contribution in [0, 0.1) is 6.85 Å². The molecule has 0 aliphatic carbocycles. The van der Waals surface area contributed by atoms with Crippen molar-refractivity contribution in [3.63, 3.8) is 0 Å². The first-order valence-electron chi connectivity index (χ1n) is 4.91. The molecule has 0 spiro atoms. The van der Waals surface area contributed by atoms with Crippen LogP contribution >= 0.6 is 7.82 Å². The number of phosphoric acid groups is 1. The van der Waals surface area contributed by atoms with Gasteiger partial charge in [0.05, 0.1) is 6.61 Å². The number of rotatable bonds is 3. The molecular weight excluding hydrogens is 209 g/mol. The van der Waals surface area contributed by atoms with Crippen LogP contribution in [-0.2, 0) is 15.7 Å². The van der Waals surface area contributed by atoms with E-state index in [2.05, 4.69) is 14.5 Å². The highest BCUT2D eigenvalue weighted by atomic mass is 31.2. The molecule has 1 heterocycles. The van der Waals surface area contributed by atoms with E-state index in [-0.39, 0.29) is 11.4 Å². The molecule has 1 rings (SSSR count). The molecule has 1 aromatic heterocycles. The molecule has 78 valence electrons. The second kappa shape index (κ2) is 4.02. The third-order valence-corrected chi connectivity index (χ3v) is 1.75. The first kappa shape index (κ1) is 7.30. The summed E-state index contributed by atoms with van der Waals surface area (Å²) in [6, 6.07) is 0. The zero-order valence-electron chi connectivity index (χ0n) is 9.91. The highest BCUT2D eigenvalue weighted by Gasteiger charge is 2.15. The summed E-state index contributed by atoms with van der Waals surface area (Å²) in [7, 11) is -4.62. The Labute approximate surface area is 84.4 Å². The molecule has 0 amide bonds. The number of phosphoric ester groups is 1. The average molecular weight is 222 g/mol. The number of aryl methyl sites for hydroxylation is 1. The van der Waals surface area contributed by atoms with Crippen LogP contribution < -0.4 is 5.73 Å². The number of nitrogens with zero attached hydrogens (tertiary/aromatic N) is 2. The number of anilines is 1. The zero-order valence-corrected chi connectivity index (χ0v) is 7.81. The molecule has 0 aliphatic rings. The minimum atomic E-state index is -4.62. The molecule has 0 aliphatic heterocycles. The van der Waals surface area contributed by atoms with Crippen molar-refractivity contribution in [2.75, 3.05) is 5.73 Å². The fourth-order valence-electron chi connectivity index (χ4n) is 0.685. The summed E-state index contributed by atoms with van der Waals surface area (Å²) in [4.78, 5) is 24.0. The predicted molar refractivity (Wildman–Crippen MR) is 48.0 cm³/mol. The van der Waals surface area contributed by atoms with E-state index in [0.717, 1.165) is 6.20 Å². The van der Waals surface area contributed by atoms with Crippen molar-refractivity contribution in [1.82, 2.24) is 9.97 Å². The molecule has 4 N–H and O–H groups in total. The van der Waals surface area contributed by atoms with Crippen LogP contribution in [0.3, 0.4) is 0 Å². The van der Waals surface area contributed by atoms with E-state index in [1.54, 1.807) is 0 Å². The Morgan fingerprint density at radius 2 is 2.50 bits per heavy atom. The number of hydrogen-bond donors (Lipinski definition) is 3. The van der Waals surface area contributed by atoms with E-state index in [0.29, 0.717) is 0 Å². The van der Waals surface area contributed by atoms with Gasteiger partial charge in [0.25, 0.3) is 0 Å². The summed E-state index contributed by atoms with van der Waals surface area (Å²) in [5.74, 6) is -0.630. The number of nitrogens with two attached hydrogens (primary N) is 1. The second-order valence-electron chi connectivity index (χ2n) is 2.37. The van der Waals surface area contributed by atoms with Crippen LogP contribution in [0.2, 0.25) is 0 Å². The van der Waals surface area contributed by atoms with Crippen molar-refractivity contribution < 1.29 is 23.0 Å². The molecule has 0 atom stereocenters. The fraction of sp³-hybridized carbons (Fsp3) is 0.333. The van der Waals surface area contributed by atoms with E-state index >= 15 is 0 Å². The number of nitrogen functional groups attached to an aromatic ring is 1. The summed E-state index contributed by atoms with van der Waals surface area (Å²) >= 11 is 0. The molecule has 1 aromatic rings. The molecule has 0 unspecified atom stereocenters. The van der Waals surface area contributed by atoms with Gasteiger partial charge in [-0.05, 0) is 6.85 Å². The normalized spacial score (nSPS) is 15.7. The molecule has 0 fully saturated rings. The van der Waals surface area contributed by atoms with Gasteiger partial charge in [-0.2, -0.15) is 0 Å². The maximum Gasteiger partial charge on any atom is 0.469 e. The fourth-order valence-corrected chi connectivity index (χ4v) is 0.992. The smallest absolute Gasteiger partial charge is 0.383 e. The van der Waals surface area contributed by atoms with Crippen molar-refractivity contribution in [3.05, 3.63) is 17.6 Å². The first-order chi connectivity index (χ1) is 7.59. The maximum absolute atomic E-state index is 10.4. The number of hydrogen-bond acceptors (Lipinski definition) is 5. The molecular formula is C6H10N3O4P. The molecule has 7 nitrogen and oxygen atoms in total. The Balaban J connectivity index is 2.88. The highest BCUT2D eigenvalue weighted by molar-refractivity contribution is 7.46. The van der Waals surface area contributed by atoms with Gasteiger partial charge in [-0.15, -0.1) is 0 Å². The third-order valence-electron chi connectivity index (χ3n) is 1.29. The predicted octanol–water partition coefficient (Wildman–Crippen LogP) is -0.0235. The summed E-state index contributed by atoms with van der Waals surface area (Å²) < 4.78 is 35.7. The van der Waals surface area contributed by atoms with Gasteiger partial charge in [0.15, 0.2) is 0 Å². The van der Waals surface area contributed by atoms with Crippen LogP contribution in [0.5, 0.6) is 0 Å². The standard InChI is InChI=1S/C6H10N3O4P/c1-4-8-2-5(6(7)9-4)3-13-14(10,11)12/h2H,3H2,1H3,(H2,7,8,9)(H2,10,11,12)/i1D3. The minimum Gasteiger partial charge on any atom is -0.383 e. The van der Waals surface area contributed by atoms with Crippen molar-refractivity contribution in [2.24, 2.45) is 0 Å². The van der Waals surface area contributed by atoms with E-state index in [9.17, 15) is 4.57 Å². The molecule has 8 heteroatoms. The van der Waals surface area contributed by atoms with E-state index in [4.69, 9.17) is 19.6 Å². The maximum atomic E-state index is 10.4. The van der Waals surface area contributed by atoms with Crippen LogP contribution in [0.15, 0.2) is 6.20 Å². The third kappa shape index (κ3) is 3.39. The van der Waals surface area contributed by atoms with Gasteiger partial charge < -0.3 is 15.5 Å². The lowest BCUT2D eigenvalue weighted by atomic mass is 10.3. The van der Waals surface area contributed by atoms with Gasteiger partial charge in [-0.1, -0.05) is 0 Å². The Bertz CT molecular complexity index is 460. The van der Waals surface area contributed by atoms with E-state index in [1.807, 2.05) is 0 Å². The lowest BCUT2D eigenvalue weighted by Crippen LogP contribution is -2.02. The molecule has 0 radical (unpaired) electrons. The van der Waals surface area contributed by atoms with Gasteiger partial charge in [-0.3, -0.25) is 4.52 Å². The Morgan fingerprint density at radius 1 is 1.79 bits per heavy atom. The second-order valence-corrected chi connectivity index (χ2v) is 3.61. The van der Waals surface area contributed by atoms with Crippen molar-refractivity contribution in [1.29, 1.82) is 0 Å². The SMILES string of the molecule is [2H]C([2H])([2H])c1ncc(COP(=O)(O)O)c(N)n1. The summed E-state index contributed by atoms with van der Waals surface area (Å²) in [6.07, 6.45) is 1.06. The highest BCUT2D eigenvalue weighted by Crippen LogP contribution is 2.37. The van der Waals surface area contributed by atoms with Crippen LogP contribution in [0.4, 0.5) is 5.82 Å². The van der Waals surface area contributed by atoms with Crippen molar-refractivity contribution in [2.45, 2.75) is 13.5 Å². The van der Waals surface area contributed by atoms with Gasteiger partial charge in [0.1, 0.15) is 11.6 Å². The molecule has 0 aromatic carbocycles. The summed E-state index contributed by atoms with van der Waals surface area (Å²) in [5.41, 5.74) is 5.51. The van der Waals surface area contributed by atoms with Crippen LogP contribution in [-0.4, -0.2) is 19.8 Å². The monoisotopic (exact) mass is 222 g/mol. The molecule has 0 saturated carbocycles.